The van der Waals surface area contributed by atoms with Crippen molar-refractivity contribution in [2.45, 2.75) is 11.4 Å². The Morgan fingerprint density at radius 2 is 2.00 bits per heavy atom. The van der Waals surface area contributed by atoms with Crippen LogP contribution in [-0.4, -0.2) is 8.42 Å². The van der Waals surface area contributed by atoms with E-state index < -0.39 is 15.8 Å². The Hall–Kier alpha value is -0.480. The zero-order chi connectivity index (χ0) is 14.9. The average molecular weight is 444 g/mol. The van der Waals surface area contributed by atoms with Crippen molar-refractivity contribution in [1.29, 1.82) is 0 Å². The van der Waals surface area contributed by atoms with E-state index in [1.54, 1.807) is 0 Å². The third kappa shape index (κ3) is 3.40. The number of nitrogens with two attached hydrogens (primary N) is 1. The minimum atomic E-state index is -3.75. The van der Waals surface area contributed by atoms with Crippen molar-refractivity contribution < 1.29 is 12.8 Å². The highest BCUT2D eigenvalue weighted by molar-refractivity contribution is 9.11. The van der Waals surface area contributed by atoms with E-state index in [0.29, 0.717) is 3.79 Å². The molecule has 0 aliphatic carbocycles. The molecule has 0 saturated carbocycles. The number of sulfonamides is 1. The predicted octanol–water partition coefficient (Wildman–Crippen LogP) is 3.67. The van der Waals surface area contributed by atoms with Crippen molar-refractivity contribution in [2.75, 3.05) is 4.72 Å². The topological polar surface area (TPSA) is 72.2 Å². The van der Waals surface area contributed by atoms with Gasteiger partial charge in [-0.2, -0.15) is 0 Å². The summed E-state index contributed by atoms with van der Waals surface area (Å²) in [6.45, 7) is 0.265. The van der Waals surface area contributed by atoms with Crippen LogP contribution in [0.5, 0.6) is 0 Å². The third-order valence-corrected chi connectivity index (χ3v) is 6.63. The third-order valence-electron chi connectivity index (χ3n) is 2.37. The van der Waals surface area contributed by atoms with Gasteiger partial charge in [0.25, 0.3) is 10.0 Å². The summed E-state index contributed by atoms with van der Waals surface area (Å²) < 4.78 is 40.7. The van der Waals surface area contributed by atoms with Crippen LogP contribution < -0.4 is 10.5 Å². The van der Waals surface area contributed by atoms with E-state index in [2.05, 4.69) is 36.6 Å². The summed E-state index contributed by atoms with van der Waals surface area (Å²) >= 11 is 7.47. The van der Waals surface area contributed by atoms with Gasteiger partial charge in [0.15, 0.2) is 0 Å². The number of rotatable bonds is 4. The van der Waals surface area contributed by atoms with Crippen LogP contribution in [0.2, 0.25) is 0 Å². The quantitative estimate of drug-likeness (QED) is 0.757. The molecule has 9 heteroatoms. The maximum atomic E-state index is 13.1. The predicted molar refractivity (Wildman–Crippen MR) is 84.8 cm³/mol. The maximum Gasteiger partial charge on any atom is 0.263 e. The van der Waals surface area contributed by atoms with Gasteiger partial charge in [-0.25, -0.2) is 12.8 Å². The molecule has 0 aliphatic heterocycles. The van der Waals surface area contributed by atoms with Crippen LogP contribution in [-0.2, 0) is 16.6 Å². The zero-order valence-corrected chi connectivity index (χ0v) is 14.7. The lowest BCUT2D eigenvalue weighted by molar-refractivity contribution is 0.600. The average Bonchev–Trinajstić information content (AvgIpc) is 2.76. The molecular formula is C11H9Br2FN2O2S2. The van der Waals surface area contributed by atoms with E-state index in [-0.39, 0.29) is 21.6 Å². The Balaban J connectivity index is 2.35. The summed E-state index contributed by atoms with van der Waals surface area (Å²) in [5.74, 6) is -0.463. The molecule has 2 aromatic rings. The van der Waals surface area contributed by atoms with Crippen LogP contribution in [0.1, 0.15) is 4.88 Å². The molecule has 1 heterocycles. The van der Waals surface area contributed by atoms with Crippen molar-refractivity contribution >= 4 is 58.9 Å². The van der Waals surface area contributed by atoms with Crippen molar-refractivity contribution in [1.82, 2.24) is 0 Å². The smallest absolute Gasteiger partial charge is 0.263 e. The number of nitrogens with one attached hydrogen (secondary N) is 1. The van der Waals surface area contributed by atoms with Crippen LogP contribution in [0.25, 0.3) is 0 Å². The molecule has 0 amide bonds. The first-order valence-electron chi connectivity index (χ1n) is 5.29. The van der Waals surface area contributed by atoms with Gasteiger partial charge in [0.2, 0.25) is 0 Å². The van der Waals surface area contributed by atoms with E-state index in [9.17, 15) is 12.8 Å². The molecule has 0 atom stereocenters. The van der Waals surface area contributed by atoms with Crippen molar-refractivity contribution in [3.05, 3.63) is 43.2 Å². The number of hydrogen-bond acceptors (Lipinski definition) is 4. The molecule has 20 heavy (non-hydrogen) atoms. The second-order valence-corrected chi connectivity index (χ2v) is 8.75. The molecule has 2 rings (SSSR count). The first-order chi connectivity index (χ1) is 9.33. The van der Waals surface area contributed by atoms with Crippen molar-refractivity contribution in [2.24, 2.45) is 5.73 Å². The summed E-state index contributed by atoms with van der Waals surface area (Å²) in [4.78, 5) is 0.862. The highest BCUT2D eigenvalue weighted by Crippen LogP contribution is 2.33. The summed E-state index contributed by atoms with van der Waals surface area (Å²) in [5.41, 5.74) is 5.76. The highest BCUT2D eigenvalue weighted by Gasteiger charge is 2.21. The molecule has 0 fully saturated rings. The summed E-state index contributed by atoms with van der Waals surface area (Å²) in [7, 11) is -3.75. The first-order valence-corrected chi connectivity index (χ1v) is 9.18. The SMILES string of the molecule is NCc1cc(S(=O)(=O)Nc2ccc(F)c(Br)c2)c(Br)s1. The second-order valence-electron chi connectivity index (χ2n) is 3.79. The first kappa shape index (κ1) is 15.9. The monoisotopic (exact) mass is 442 g/mol. The zero-order valence-electron chi connectivity index (χ0n) is 9.86. The molecule has 1 aromatic heterocycles. The molecule has 1 aromatic carbocycles. The molecule has 108 valence electrons. The minimum absolute atomic E-state index is 0.114. The van der Waals surface area contributed by atoms with Gasteiger partial charge in [0, 0.05) is 11.4 Å². The number of anilines is 1. The molecular weight excluding hydrogens is 435 g/mol. The Morgan fingerprint density at radius 1 is 1.30 bits per heavy atom. The van der Waals surface area contributed by atoms with E-state index in [4.69, 9.17) is 5.73 Å². The van der Waals surface area contributed by atoms with Gasteiger partial charge in [0.05, 0.1) is 13.9 Å². The van der Waals surface area contributed by atoms with E-state index in [1.165, 1.54) is 35.6 Å². The molecule has 0 radical (unpaired) electrons. The van der Waals surface area contributed by atoms with Crippen LogP contribution in [0.4, 0.5) is 10.1 Å². The standard InChI is InChI=1S/C11H9Br2FN2O2S2/c12-8-3-6(1-2-9(8)14)16-20(17,18)10-4-7(5-15)19-11(10)13/h1-4,16H,5,15H2. The van der Waals surface area contributed by atoms with Gasteiger partial charge in [-0.15, -0.1) is 11.3 Å². The summed E-state index contributed by atoms with van der Waals surface area (Å²) in [6.07, 6.45) is 0. The Kier molecular flexibility index (Phi) is 4.85. The van der Waals surface area contributed by atoms with Crippen LogP contribution in [0.15, 0.2) is 37.4 Å². The lowest BCUT2D eigenvalue weighted by Gasteiger charge is -2.07. The normalized spacial score (nSPS) is 11.6. The van der Waals surface area contributed by atoms with E-state index >= 15 is 0 Å². The fourth-order valence-electron chi connectivity index (χ4n) is 1.45. The number of benzene rings is 1. The largest absolute Gasteiger partial charge is 0.326 e. The van der Waals surface area contributed by atoms with Gasteiger partial charge in [-0.05, 0) is 56.1 Å². The molecule has 0 saturated heterocycles. The highest BCUT2D eigenvalue weighted by atomic mass is 79.9. The molecule has 0 bridgehead atoms. The molecule has 0 aliphatic rings. The minimum Gasteiger partial charge on any atom is -0.326 e. The van der Waals surface area contributed by atoms with E-state index in [1.807, 2.05) is 0 Å². The van der Waals surface area contributed by atoms with Gasteiger partial charge >= 0.3 is 0 Å². The Bertz CT molecular complexity index is 747. The van der Waals surface area contributed by atoms with Gasteiger partial charge in [-0.1, -0.05) is 0 Å². The Morgan fingerprint density at radius 3 is 2.55 bits per heavy atom. The van der Waals surface area contributed by atoms with Gasteiger partial charge in [0.1, 0.15) is 10.7 Å². The number of halogens is 3. The number of hydrogen-bond donors (Lipinski definition) is 2. The Labute approximate surface area is 136 Å². The van der Waals surface area contributed by atoms with Gasteiger partial charge in [-0.3, -0.25) is 4.72 Å². The van der Waals surface area contributed by atoms with Gasteiger partial charge < -0.3 is 5.73 Å². The van der Waals surface area contributed by atoms with Crippen LogP contribution >= 0.6 is 43.2 Å². The second kappa shape index (κ2) is 6.10. The lowest BCUT2D eigenvalue weighted by Crippen LogP contribution is -2.12. The van der Waals surface area contributed by atoms with Crippen molar-refractivity contribution in [3.63, 3.8) is 0 Å². The summed E-state index contributed by atoms with van der Waals surface area (Å²) in [5, 5.41) is 0. The molecule has 3 N–H and O–H groups in total. The van der Waals surface area contributed by atoms with Crippen LogP contribution in [0, 0.1) is 5.82 Å². The van der Waals surface area contributed by atoms with E-state index in [0.717, 1.165) is 4.88 Å². The fourth-order valence-corrected chi connectivity index (χ4v) is 5.44. The van der Waals surface area contributed by atoms with Crippen LogP contribution in [0.3, 0.4) is 0 Å². The molecule has 4 nitrogen and oxygen atoms in total. The molecule has 0 unspecified atom stereocenters. The maximum absolute atomic E-state index is 13.1. The summed E-state index contributed by atoms with van der Waals surface area (Å²) in [6, 6.07) is 5.39. The molecule has 0 spiro atoms. The fraction of sp³-hybridized carbons (Fsp3) is 0.0909. The lowest BCUT2D eigenvalue weighted by atomic mass is 10.3. The van der Waals surface area contributed by atoms with Crippen molar-refractivity contribution in [3.8, 4) is 0 Å². The number of thiophene rings is 1.